The minimum Gasteiger partial charge on any atom is -0.292 e. The summed E-state index contributed by atoms with van der Waals surface area (Å²) in [6.45, 7) is 0.0959. The molecule has 0 spiro atoms. The summed E-state index contributed by atoms with van der Waals surface area (Å²) in [4.78, 5) is 15.6. The smallest absolute Gasteiger partial charge is 0.185 e. The van der Waals surface area contributed by atoms with Gasteiger partial charge >= 0.3 is 0 Å². The Kier molecular flexibility index (Phi) is 2.74. The molecule has 0 unspecified atom stereocenters. The average molecular weight is 212 g/mol. The number of ketones is 1. The van der Waals surface area contributed by atoms with E-state index < -0.39 is 0 Å². The van der Waals surface area contributed by atoms with Gasteiger partial charge in [-0.2, -0.15) is 10.4 Å². The van der Waals surface area contributed by atoms with Gasteiger partial charge in [-0.3, -0.25) is 4.79 Å². The standard InChI is InChI=1S/C11H8N4O/c12-5-9-3-1-2-4-10(9)11(16)6-15-8-13-7-14-15/h1-4,7-8H,6H2. The van der Waals surface area contributed by atoms with Crippen molar-refractivity contribution in [2.24, 2.45) is 0 Å². The molecule has 0 saturated carbocycles. The van der Waals surface area contributed by atoms with E-state index in [1.165, 1.54) is 17.3 Å². The Morgan fingerprint density at radius 1 is 1.44 bits per heavy atom. The molecule has 2 aromatic rings. The van der Waals surface area contributed by atoms with Crippen LogP contribution in [0, 0.1) is 11.3 Å². The summed E-state index contributed by atoms with van der Waals surface area (Å²) in [5.41, 5.74) is 0.799. The van der Waals surface area contributed by atoms with Gasteiger partial charge in [-0.25, -0.2) is 9.67 Å². The summed E-state index contributed by atoms with van der Waals surface area (Å²) in [7, 11) is 0. The summed E-state index contributed by atoms with van der Waals surface area (Å²) in [6.07, 6.45) is 2.83. The molecule has 5 nitrogen and oxygen atoms in total. The first kappa shape index (κ1) is 10.1. The zero-order chi connectivity index (χ0) is 11.4. The van der Waals surface area contributed by atoms with Gasteiger partial charge in [0, 0.05) is 5.56 Å². The fourth-order valence-electron chi connectivity index (χ4n) is 1.37. The number of nitrogens with zero attached hydrogens (tertiary/aromatic N) is 4. The molecule has 0 fully saturated rings. The molecule has 0 amide bonds. The molecule has 16 heavy (non-hydrogen) atoms. The second-order valence-electron chi connectivity index (χ2n) is 3.17. The normalized spacial score (nSPS) is 9.69. The first-order valence-corrected chi connectivity index (χ1v) is 4.66. The molecule has 0 saturated heterocycles. The van der Waals surface area contributed by atoms with E-state index in [-0.39, 0.29) is 12.3 Å². The minimum absolute atomic E-state index is 0.0959. The van der Waals surface area contributed by atoms with Crippen molar-refractivity contribution in [2.75, 3.05) is 0 Å². The zero-order valence-electron chi connectivity index (χ0n) is 8.37. The number of aromatic nitrogens is 3. The fourth-order valence-corrected chi connectivity index (χ4v) is 1.37. The number of Topliss-reactive ketones (excluding diaryl/α,β-unsaturated/α-hetero) is 1. The second kappa shape index (κ2) is 4.36. The molecule has 0 atom stereocenters. The third kappa shape index (κ3) is 1.96. The molecule has 0 aliphatic heterocycles. The molecule has 0 aliphatic carbocycles. The van der Waals surface area contributed by atoms with Crippen molar-refractivity contribution in [1.82, 2.24) is 14.8 Å². The first-order valence-electron chi connectivity index (χ1n) is 4.66. The van der Waals surface area contributed by atoms with Gasteiger partial charge in [-0.15, -0.1) is 0 Å². The van der Waals surface area contributed by atoms with E-state index in [4.69, 9.17) is 5.26 Å². The van der Waals surface area contributed by atoms with Crippen LogP contribution >= 0.6 is 0 Å². The molecule has 1 aromatic carbocycles. The fraction of sp³-hybridized carbons (Fsp3) is 0.0909. The van der Waals surface area contributed by atoms with Gasteiger partial charge in [0.05, 0.1) is 11.6 Å². The lowest BCUT2D eigenvalue weighted by molar-refractivity contribution is 0.0967. The Hall–Kier alpha value is -2.48. The lowest BCUT2D eigenvalue weighted by Gasteiger charge is -2.02. The van der Waals surface area contributed by atoms with Crippen molar-refractivity contribution >= 4 is 5.78 Å². The monoisotopic (exact) mass is 212 g/mol. The zero-order valence-corrected chi connectivity index (χ0v) is 8.37. The highest BCUT2D eigenvalue weighted by atomic mass is 16.1. The quantitative estimate of drug-likeness (QED) is 0.712. The lowest BCUT2D eigenvalue weighted by Crippen LogP contribution is -2.12. The molecule has 1 heterocycles. The van der Waals surface area contributed by atoms with Crippen LogP contribution < -0.4 is 0 Å². The van der Waals surface area contributed by atoms with Crippen molar-refractivity contribution in [2.45, 2.75) is 6.54 Å². The van der Waals surface area contributed by atoms with E-state index in [1.54, 1.807) is 24.3 Å². The van der Waals surface area contributed by atoms with Crippen molar-refractivity contribution in [1.29, 1.82) is 5.26 Å². The van der Waals surface area contributed by atoms with Crippen molar-refractivity contribution in [3.63, 3.8) is 0 Å². The maximum atomic E-state index is 11.9. The summed E-state index contributed by atoms with van der Waals surface area (Å²) in [6, 6.07) is 8.70. The highest BCUT2D eigenvalue weighted by Crippen LogP contribution is 2.08. The van der Waals surface area contributed by atoms with Crippen LogP contribution in [-0.4, -0.2) is 20.5 Å². The second-order valence-corrected chi connectivity index (χ2v) is 3.17. The van der Waals surface area contributed by atoms with Crippen LogP contribution in [0.4, 0.5) is 0 Å². The lowest BCUT2D eigenvalue weighted by atomic mass is 10.0. The van der Waals surface area contributed by atoms with E-state index in [9.17, 15) is 4.79 Å². The van der Waals surface area contributed by atoms with Crippen LogP contribution in [0.5, 0.6) is 0 Å². The van der Waals surface area contributed by atoms with Crippen LogP contribution in [-0.2, 0) is 6.54 Å². The Morgan fingerprint density at radius 3 is 2.94 bits per heavy atom. The first-order chi connectivity index (χ1) is 7.81. The van der Waals surface area contributed by atoms with Gasteiger partial charge < -0.3 is 0 Å². The third-order valence-electron chi connectivity index (χ3n) is 2.12. The number of hydrogen-bond acceptors (Lipinski definition) is 4. The molecular formula is C11H8N4O. The third-order valence-corrected chi connectivity index (χ3v) is 2.12. The summed E-state index contributed by atoms with van der Waals surface area (Å²) in [5, 5.41) is 12.7. The molecule has 2 rings (SSSR count). The van der Waals surface area contributed by atoms with Gasteiger partial charge in [0.15, 0.2) is 5.78 Å². The van der Waals surface area contributed by atoms with Crippen LogP contribution in [0.3, 0.4) is 0 Å². The summed E-state index contributed by atoms with van der Waals surface area (Å²) < 4.78 is 1.43. The highest BCUT2D eigenvalue weighted by molar-refractivity contribution is 5.98. The summed E-state index contributed by atoms with van der Waals surface area (Å²) >= 11 is 0. The molecule has 0 bridgehead atoms. The number of hydrogen-bond donors (Lipinski definition) is 0. The average Bonchev–Trinajstić information content (AvgIpc) is 2.81. The number of benzene rings is 1. The molecule has 0 radical (unpaired) electrons. The number of carbonyl (C=O) groups is 1. The molecule has 0 aliphatic rings. The predicted octanol–water partition coefficient (Wildman–Crippen LogP) is 1.03. The molecule has 0 N–H and O–H groups in total. The Balaban J connectivity index is 2.25. The Morgan fingerprint density at radius 2 is 2.25 bits per heavy atom. The van der Waals surface area contributed by atoms with Crippen LogP contribution in [0.15, 0.2) is 36.9 Å². The van der Waals surface area contributed by atoms with Crippen molar-refractivity contribution in [3.05, 3.63) is 48.0 Å². The minimum atomic E-state index is -0.150. The molecule has 5 heteroatoms. The number of nitriles is 1. The Bertz CT molecular complexity index is 539. The highest BCUT2D eigenvalue weighted by Gasteiger charge is 2.11. The predicted molar refractivity (Wildman–Crippen MR) is 55.5 cm³/mol. The summed E-state index contributed by atoms with van der Waals surface area (Å²) in [5.74, 6) is -0.150. The van der Waals surface area contributed by atoms with Crippen LogP contribution in [0.2, 0.25) is 0 Å². The number of rotatable bonds is 3. The van der Waals surface area contributed by atoms with Gasteiger partial charge in [-0.05, 0) is 12.1 Å². The van der Waals surface area contributed by atoms with Crippen molar-refractivity contribution < 1.29 is 4.79 Å². The molecule has 78 valence electrons. The SMILES string of the molecule is N#Cc1ccccc1C(=O)Cn1cncn1. The van der Waals surface area contributed by atoms with E-state index in [1.807, 2.05) is 6.07 Å². The van der Waals surface area contributed by atoms with E-state index >= 15 is 0 Å². The molecular weight excluding hydrogens is 204 g/mol. The largest absolute Gasteiger partial charge is 0.292 e. The maximum Gasteiger partial charge on any atom is 0.185 e. The van der Waals surface area contributed by atoms with Gasteiger partial charge in [-0.1, -0.05) is 12.1 Å². The van der Waals surface area contributed by atoms with Crippen LogP contribution in [0.1, 0.15) is 15.9 Å². The van der Waals surface area contributed by atoms with E-state index in [0.29, 0.717) is 11.1 Å². The van der Waals surface area contributed by atoms with Crippen molar-refractivity contribution in [3.8, 4) is 6.07 Å². The van der Waals surface area contributed by atoms with E-state index in [0.717, 1.165) is 0 Å². The Labute approximate surface area is 92.0 Å². The van der Waals surface area contributed by atoms with Crippen LogP contribution in [0.25, 0.3) is 0 Å². The maximum absolute atomic E-state index is 11.9. The van der Waals surface area contributed by atoms with Gasteiger partial charge in [0.2, 0.25) is 0 Å². The molecule has 1 aromatic heterocycles. The van der Waals surface area contributed by atoms with E-state index in [2.05, 4.69) is 10.1 Å². The van der Waals surface area contributed by atoms with Gasteiger partial charge in [0.1, 0.15) is 19.2 Å². The number of carbonyl (C=O) groups excluding carboxylic acids is 1. The topological polar surface area (TPSA) is 71.6 Å². The van der Waals surface area contributed by atoms with Gasteiger partial charge in [0.25, 0.3) is 0 Å².